The Morgan fingerprint density at radius 1 is 0.730 bits per heavy atom. The summed E-state index contributed by atoms with van der Waals surface area (Å²) in [6.07, 6.45) is 18.3. The van der Waals surface area contributed by atoms with E-state index in [4.69, 9.17) is 0 Å². The molecular weight excluding hydrogens is 451 g/mol. The Hall–Kier alpha value is -2.59. The molecule has 1 aliphatic carbocycles. The zero-order valence-corrected chi connectivity index (χ0v) is 23.1. The number of hydrogen-bond donors (Lipinski definition) is 0. The summed E-state index contributed by atoms with van der Waals surface area (Å²) in [5.41, 5.74) is 4.15. The number of unbranched alkanes of at least 4 members (excludes halogenated alkanes) is 6. The maximum absolute atomic E-state index is 15.3. The Labute approximate surface area is 225 Å². The van der Waals surface area contributed by atoms with Gasteiger partial charge in [-0.3, -0.25) is 0 Å². The van der Waals surface area contributed by atoms with Crippen LogP contribution in [-0.2, 0) is 6.42 Å². The van der Waals surface area contributed by atoms with Crippen molar-refractivity contribution in [1.29, 1.82) is 0 Å². The average Bonchev–Trinajstić information content (AvgIpc) is 2.94. The van der Waals surface area contributed by atoms with E-state index in [0.29, 0.717) is 16.9 Å². The summed E-state index contributed by atoms with van der Waals surface area (Å²) in [4.78, 5) is 0. The lowest BCUT2D eigenvalue weighted by Crippen LogP contribution is -2.13. The lowest BCUT2D eigenvalue weighted by Gasteiger charge is -2.29. The number of benzene rings is 3. The van der Waals surface area contributed by atoms with Crippen molar-refractivity contribution in [2.45, 2.75) is 110 Å². The molecule has 0 N–H and O–H groups in total. The molecule has 1 heteroatoms. The minimum absolute atomic E-state index is 0.195. The van der Waals surface area contributed by atoms with E-state index in [1.807, 2.05) is 18.2 Å². The van der Waals surface area contributed by atoms with Crippen molar-refractivity contribution in [3.63, 3.8) is 0 Å². The highest BCUT2D eigenvalue weighted by Gasteiger charge is 2.22. The van der Waals surface area contributed by atoms with E-state index in [2.05, 4.69) is 62.1 Å². The van der Waals surface area contributed by atoms with Crippen molar-refractivity contribution in [2.75, 3.05) is 0 Å². The summed E-state index contributed by atoms with van der Waals surface area (Å²) in [6.45, 7) is 4.52. The Morgan fingerprint density at radius 3 is 2.19 bits per heavy atom. The second kappa shape index (κ2) is 14.4. The van der Waals surface area contributed by atoms with E-state index < -0.39 is 0 Å². The fourth-order valence-electron chi connectivity index (χ4n) is 5.96. The number of aryl methyl sites for hydroxylation is 1. The van der Waals surface area contributed by atoms with Gasteiger partial charge in [0.1, 0.15) is 5.82 Å². The molecule has 0 aromatic heterocycles. The van der Waals surface area contributed by atoms with Gasteiger partial charge in [0, 0.05) is 10.9 Å². The zero-order valence-electron chi connectivity index (χ0n) is 23.1. The molecule has 3 aromatic rings. The quantitative estimate of drug-likeness (QED) is 0.183. The smallest absolute Gasteiger partial charge is 0.146 e. The molecule has 0 nitrogen and oxygen atoms in total. The fourth-order valence-corrected chi connectivity index (χ4v) is 5.96. The van der Waals surface area contributed by atoms with Crippen LogP contribution in [0.25, 0.3) is 10.8 Å². The lowest BCUT2D eigenvalue weighted by atomic mass is 9.76. The molecular formula is C36H45F. The molecule has 0 heterocycles. The van der Waals surface area contributed by atoms with Crippen LogP contribution in [-0.4, -0.2) is 0 Å². The minimum atomic E-state index is -0.195. The van der Waals surface area contributed by atoms with Crippen LogP contribution in [0.5, 0.6) is 0 Å². The Balaban J connectivity index is 1.36. The normalized spacial score (nSPS) is 17.5. The topological polar surface area (TPSA) is 0 Å². The zero-order chi connectivity index (χ0) is 25.9. The first-order chi connectivity index (χ1) is 18.2. The third-order valence-electron chi connectivity index (χ3n) is 8.38. The Kier molecular flexibility index (Phi) is 10.7. The first-order valence-corrected chi connectivity index (χ1v) is 15.0. The second-order valence-electron chi connectivity index (χ2n) is 11.2. The number of hydrogen-bond acceptors (Lipinski definition) is 0. The predicted molar refractivity (Wildman–Crippen MR) is 158 cm³/mol. The average molecular weight is 497 g/mol. The molecule has 1 fully saturated rings. The monoisotopic (exact) mass is 496 g/mol. The highest BCUT2D eigenvalue weighted by atomic mass is 19.1. The van der Waals surface area contributed by atoms with Crippen LogP contribution in [0.4, 0.5) is 4.39 Å². The molecule has 0 unspecified atom stereocenters. The maximum atomic E-state index is 15.3. The molecule has 1 saturated carbocycles. The van der Waals surface area contributed by atoms with E-state index >= 15 is 4.39 Å². The van der Waals surface area contributed by atoms with E-state index in [9.17, 15) is 0 Å². The molecule has 196 valence electrons. The van der Waals surface area contributed by atoms with E-state index in [1.165, 1.54) is 94.6 Å². The third kappa shape index (κ3) is 7.95. The molecule has 0 radical (unpaired) electrons. The number of rotatable bonds is 11. The molecule has 1 aliphatic rings. The molecule has 0 spiro atoms. The van der Waals surface area contributed by atoms with Crippen molar-refractivity contribution in [1.82, 2.24) is 0 Å². The van der Waals surface area contributed by atoms with Crippen LogP contribution in [0.15, 0.2) is 54.6 Å². The largest absolute Gasteiger partial charge is 0.205 e. The first-order valence-electron chi connectivity index (χ1n) is 15.0. The van der Waals surface area contributed by atoms with E-state index in [-0.39, 0.29) is 5.82 Å². The molecule has 37 heavy (non-hydrogen) atoms. The number of halogens is 1. The van der Waals surface area contributed by atoms with Crippen molar-refractivity contribution in [2.24, 2.45) is 5.92 Å². The summed E-state index contributed by atoms with van der Waals surface area (Å²) < 4.78 is 15.3. The van der Waals surface area contributed by atoms with Gasteiger partial charge in [-0.05, 0) is 85.1 Å². The third-order valence-corrected chi connectivity index (χ3v) is 8.38. The van der Waals surface area contributed by atoms with Gasteiger partial charge in [-0.15, -0.1) is 0 Å². The summed E-state index contributed by atoms with van der Waals surface area (Å²) in [6, 6.07) is 18.7. The van der Waals surface area contributed by atoms with Crippen molar-refractivity contribution >= 4 is 10.8 Å². The lowest BCUT2D eigenvalue weighted by molar-refractivity contribution is 0.302. The summed E-state index contributed by atoms with van der Waals surface area (Å²) in [5, 5.41) is 1.68. The molecule has 0 saturated heterocycles. The van der Waals surface area contributed by atoms with Crippen LogP contribution in [0.3, 0.4) is 0 Å². The van der Waals surface area contributed by atoms with Gasteiger partial charge in [0.15, 0.2) is 0 Å². The second-order valence-corrected chi connectivity index (χ2v) is 11.2. The highest BCUT2D eigenvalue weighted by Crippen LogP contribution is 2.39. The van der Waals surface area contributed by atoms with Crippen molar-refractivity contribution in [3.05, 3.63) is 82.7 Å². The standard InChI is InChI=1S/C36H45F/c1-3-5-7-9-11-28-13-15-30(16-14-28)19-22-32-23-24-34-27-33(25-26-35(34)36(32)37)31-20-17-29(18-21-31)12-10-8-6-4-2/h13-16,23-27,29,31H,3-12,17-18,20-21H2,1-2H3. The van der Waals surface area contributed by atoms with Crippen molar-refractivity contribution < 1.29 is 4.39 Å². The van der Waals surface area contributed by atoms with Gasteiger partial charge < -0.3 is 0 Å². The first kappa shape index (κ1) is 27.4. The van der Waals surface area contributed by atoms with Crippen LogP contribution in [0.1, 0.15) is 125 Å². The van der Waals surface area contributed by atoms with Gasteiger partial charge in [0.05, 0.1) is 5.56 Å². The highest BCUT2D eigenvalue weighted by molar-refractivity contribution is 5.85. The molecule has 0 aliphatic heterocycles. The molecule has 4 rings (SSSR count). The van der Waals surface area contributed by atoms with Gasteiger partial charge in [-0.1, -0.05) is 113 Å². The van der Waals surface area contributed by atoms with Crippen molar-refractivity contribution in [3.8, 4) is 11.8 Å². The maximum Gasteiger partial charge on any atom is 0.146 e. The van der Waals surface area contributed by atoms with Crippen LogP contribution < -0.4 is 0 Å². The van der Waals surface area contributed by atoms with Gasteiger partial charge >= 0.3 is 0 Å². The molecule has 3 aromatic carbocycles. The number of fused-ring (bicyclic) bond motifs is 1. The van der Waals surface area contributed by atoms with Gasteiger partial charge in [0.2, 0.25) is 0 Å². The van der Waals surface area contributed by atoms with Crippen LogP contribution in [0, 0.1) is 23.6 Å². The van der Waals surface area contributed by atoms with Crippen LogP contribution in [0.2, 0.25) is 0 Å². The predicted octanol–water partition coefficient (Wildman–Crippen LogP) is 10.7. The van der Waals surface area contributed by atoms with E-state index in [0.717, 1.165) is 23.3 Å². The van der Waals surface area contributed by atoms with Gasteiger partial charge in [0.25, 0.3) is 0 Å². The Morgan fingerprint density at radius 2 is 1.46 bits per heavy atom. The molecule has 0 bridgehead atoms. The van der Waals surface area contributed by atoms with E-state index in [1.54, 1.807) is 0 Å². The van der Waals surface area contributed by atoms with Gasteiger partial charge in [-0.25, -0.2) is 4.39 Å². The summed E-state index contributed by atoms with van der Waals surface area (Å²) in [5.74, 6) is 7.59. The van der Waals surface area contributed by atoms with Crippen LogP contribution >= 0.6 is 0 Å². The van der Waals surface area contributed by atoms with Gasteiger partial charge in [-0.2, -0.15) is 0 Å². The Bertz CT molecular complexity index is 1170. The fraction of sp³-hybridized carbons (Fsp3) is 0.500. The minimum Gasteiger partial charge on any atom is -0.205 e. The molecule has 0 amide bonds. The summed E-state index contributed by atoms with van der Waals surface area (Å²) in [7, 11) is 0. The molecule has 0 atom stereocenters. The SMILES string of the molecule is CCCCCCc1ccc(C#Cc2ccc3cc(C4CCC(CCCCCC)CC4)ccc3c2F)cc1. The summed E-state index contributed by atoms with van der Waals surface area (Å²) >= 11 is 0.